The van der Waals surface area contributed by atoms with Gasteiger partial charge in [0.15, 0.2) is 4.88 Å². The smallest absolute Gasteiger partial charge is 0.349 e. The molecule has 1 aromatic rings. The van der Waals surface area contributed by atoms with Crippen LogP contribution >= 0.6 is 11.3 Å². The highest BCUT2D eigenvalue weighted by molar-refractivity contribution is 7.12. The number of aromatic carboxylic acids is 1. The summed E-state index contributed by atoms with van der Waals surface area (Å²) in [6, 6.07) is 1.69. The maximum Gasteiger partial charge on any atom is 0.349 e. The van der Waals surface area contributed by atoms with Gasteiger partial charge in [0.1, 0.15) is 12.4 Å². The Balaban J connectivity index is 1.90. The molecule has 17 heavy (non-hydrogen) atoms. The summed E-state index contributed by atoms with van der Waals surface area (Å²) in [5, 5.41) is 10.6. The quantitative estimate of drug-likeness (QED) is 0.900. The van der Waals surface area contributed by atoms with Gasteiger partial charge in [0.05, 0.1) is 11.7 Å². The average molecular weight is 256 g/mol. The van der Waals surface area contributed by atoms with Crippen LogP contribution in [0.2, 0.25) is 0 Å². The Morgan fingerprint density at radius 1 is 1.71 bits per heavy atom. The summed E-state index contributed by atoms with van der Waals surface area (Å²) in [4.78, 5) is 11.1. The highest BCUT2D eigenvalue weighted by Gasteiger charge is 2.32. The zero-order valence-corrected chi connectivity index (χ0v) is 10.8. The average Bonchev–Trinajstić information content (AvgIpc) is 2.81. The summed E-state index contributed by atoms with van der Waals surface area (Å²) in [5.74, 6) is -0.501. The van der Waals surface area contributed by atoms with Gasteiger partial charge in [-0.15, -0.1) is 11.3 Å². The number of carboxylic acids is 1. The molecular weight excluding hydrogens is 240 g/mol. The Morgan fingerprint density at radius 3 is 3.06 bits per heavy atom. The second kappa shape index (κ2) is 4.66. The van der Waals surface area contributed by atoms with Crippen LogP contribution < -0.4 is 4.74 Å². The normalized spacial score (nSPS) is 22.6. The first-order chi connectivity index (χ1) is 7.98. The fourth-order valence-electron chi connectivity index (χ4n) is 1.94. The van der Waals surface area contributed by atoms with Crippen molar-refractivity contribution in [3.63, 3.8) is 0 Å². The monoisotopic (exact) mass is 256 g/mol. The number of thiophene rings is 1. The van der Waals surface area contributed by atoms with Crippen LogP contribution in [0.25, 0.3) is 0 Å². The van der Waals surface area contributed by atoms with Crippen molar-refractivity contribution in [2.75, 3.05) is 6.61 Å². The van der Waals surface area contributed by atoms with Crippen molar-refractivity contribution >= 4 is 17.3 Å². The minimum Gasteiger partial charge on any atom is -0.489 e. The van der Waals surface area contributed by atoms with Gasteiger partial charge in [-0.25, -0.2) is 4.79 Å². The van der Waals surface area contributed by atoms with E-state index in [-0.39, 0.29) is 16.6 Å². The third-order valence-electron chi connectivity index (χ3n) is 2.80. The Kier molecular flexibility index (Phi) is 3.40. The van der Waals surface area contributed by atoms with E-state index in [1.807, 2.05) is 0 Å². The molecular formula is C12H16O4S. The molecule has 1 fully saturated rings. The van der Waals surface area contributed by atoms with Crippen LogP contribution in [0.5, 0.6) is 5.75 Å². The van der Waals surface area contributed by atoms with E-state index in [2.05, 4.69) is 13.8 Å². The van der Waals surface area contributed by atoms with E-state index in [1.165, 1.54) is 11.3 Å². The lowest BCUT2D eigenvalue weighted by atomic mass is 10.1. The number of hydrogen-bond donors (Lipinski definition) is 1. The number of hydrogen-bond acceptors (Lipinski definition) is 4. The molecule has 0 spiro atoms. The van der Waals surface area contributed by atoms with Crippen LogP contribution in [0.1, 0.15) is 36.4 Å². The van der Waals surface area contributed by atoms with Crippen molar-refractivity contribution in [3.05, 3.63) is 16.3 Å². The molecule has 1 unspecified atom stereocenters. The molecule has 5 heteroatoms. The topological polar surface area (TPSA) is 55.8 Å². The van der Waals surface area contributed by atoms with Crippen molar-refractivity contribution in [2.24, 2.45) is 0 Å². The largest absolute Gasteiger partial charge is 0.489 e. The molecule has 1 saturated heterocycles. The molecule has 0 aliphatic carbocycles. The molecule has 1 atom stereocenters. The van der Waals surface area contributed by atoms with Gasteiger partial charge in [-0.2, -0.15) is 0 Å². The first-order valence-electron chi connectivity index (χ1n) is 5.59. The molecule has 94 valence electrons. The van der Waals surface area contributed by atoms with E-state index >= 15 is 0 Å². The van der Waals surface area contributed by atoms with E-state index in [0.29, 0.717) is 12.4 Å². The first-order valence-corrected chi connectivity index (χ1v) is 6.47. The summed E-state index contributed by atoms with van der Waals surface area (Å²) >= 11 is 1.17. The predicted octanol–water partition coefficient (Wildman–Crippen LogP) is 2.78. The van der Waals surface area contributed by atoms with Crippen LogP contribution in [-0.2, 0) is 4.74 Å². The van der Waals surface area contributed by atoms with Crippen molar-refractivity contribution in [1.82, 2.24) is 0 Å². The van der Waals surface area contributed by atoms with Crippen molar-refractivity contribution in [2.45, 2.75) is 38.4 Å². The number of rotatable bonds is 4. The van der Waals surface area contributed by atoms with Crippen molar-refractivity contribution < 1.29 is 19.4 Å². The number of ether oxygens (including phenoxy) is 2. The van der Waals surface area contributed by atoms with Gasteiger partial charge in [-0.3, -0.25) is 0 Å². The molecule has 1 aromatic heterocycles. The second-order valence-corrected chi connectivity index (χ2v) is 5.68. The molecule has 0 bridgehead atoms. The third-order valence-corrected chi connectivity index (χ3v) is 3.69. The summed E-state index contributed by atoms with van der Waals surface area (Å²) < 4.78 is 11.3. The highest BCUT2D eigenvalue weighted by atomic mass is 32.1. The Bertz CT molecular complexity index is 410. The zero-order valence-electron chi connectivity index (χ0n) is 9.93. The number of carboxylic acid groups (broad SMARTS) is 1. The maximum absolute atomic E-state index is 10.9. The maximum atomic E-state index is 10.9. The molecule has 0 aromatic carbocycles. The van der Waals surface area contributed by atoms with Gasteiger partial charge in [0.25, 0.3) is 0 Å². The van der Waals surface area contributed by atoms with E-state index < -0.39 is 5.97 Å². The van der Waals surface area contributed by atoms with Gasteiger partial charge in [-0.05, 0) is 38.1 Å². The van der Waals surface area contributed by atoms with Gasteiger partial charge in [-0.1, -0.05) is 0 Å². The fourth-order valence-corrected chi connectivity index (χ4v) is 2.62. The summed E-state index contributed by atoms with van der Waals surface area (Å²) in [6.07, 6.45) is 2.03. The van der Waals surface area contributed by atoms with Crippen molar-refractivity contribution in [1.29, 1.82) is 0 Å². The van der Waals surface area contributed by atoms with Crippen molar-refractivity contribution in [3.8, 4) is 5.75 Å². The summed E-state index contributed by atoms with van der Waals surface area (Å²) in [6.45, 7) is 4.53. The van der Waals surface area contributed by atoms with Crippen LogP contribution in [0.15, 0.2) is 11.4 Å². The van der Waals surface area contributed by atoms with Gasteiger partial charge in [0, 0.05) is 0 Å². The van der Waals surface area contributed by atoms with E-state index in [4.69, 9.17) is 14.6 Å². The van der Waals surface area contributed by atoms with E-state index in [1.54, 1.807) is 11.4 Å². The lowest BCUT2D eigenvalue weighted by Gasteiger charge is -2.19. The zero-order chi connectivity index (χ0) is 12.5. The SMILES string of the molecule is CC1(C)CCC(COc2ccsc2C(=O)O)O1. The molecule has 2 rings (SSSR count). The molecule has 4 nitrogen and oxygen atoms in total. The fraction of sp³-hybridized carbons (Fsp3) is 0.583. The lowest BCUT2D eigenvalue weighted by molar-refractivity contribution is -0.0327. The molecule has 1 aliphatic heterocycles. The highest BCUT2D eigenvalue weighted by Crippen LogP contribution is 2.31. The Hall–Kier alpha value is -1.07. The summed E-state index contributed by atoms with van der Waals surface area (Å²) in [5.41, 5.74) is -0.0850. The van der Waals surface area contributed by atoms with E-state index in [9.17, 15) is 4.79 Å². The van der Waals surface area contributed by atoms with Crippen LogP contribution in [0, 0.1) is 0 Å². The van der Waals surface area contributed by atoms with Gasteiger partial charge >= 0.3 is 5.97 Å². The molecule has 1 aliphatic rings. The van der Waals surface area contributed by atoms with Crippen LogP contribution in [0.4, 0.5) is 0 Å². The molecule has 0 radical (unpaired) electrons. The summed E-state index contributed by atoms with van der Waals surface area (Å²) in [7, 11) is 0. The van der Waals surface area contributed by atoms with Gasteiger partial charge < -0.3 is 14.6 Å². The van der Waals surface area contributed by atoms with Gasteiger partial charge in [0.2, 0.25) is 0 Å². The van der Waals surface area contributed by atoms with Crippen LogP contribution in [-0.4, -0.2) is 29.4 Å². The Morgan fingerprint density at radius 2 is 2.47 bits per heavy atom. The molecule has 2 heterocycles. The molecule has 1 N–H and O–H groups in total. The number of carbonyl (C=O) groups is 1. The Labute approximate surface area is 104 Å². The van der Waals surface area contributed by atoms with E-state index in [0.717, 1.165) is 12.8 Å². The van der Waals surface area contributed by atoms with Crippen LogP contribution in [0.3, 0.4) is 0 Å². The molecule has 0 amide bonds. The predicted molar refractivity (Wildman–Crippen MR) is 65.0 cm³/mol. The standard InChI is InChI=1S/C12H16O4S/c1-12(2)5-3-8(16-12)7-15-9-4-6-17-10(9)11(13)14/h4,6,8H,3,5,7H2,1-2H3,(H,13,14). The molecule has 0 saturated carbocycles. The third kappa shape index (κ3) is 2.98. The minimum absolute atomic E-state index is 0.0616. The lowest BCUT2D eigenvalue weighted by Crippen LogP contribution is -2.24. The second-order valence-electron chi connectivity index (χ2n) is 4.77. The minimum atomic E-state index is -0.942. The first kappa shape index (κ1) is 12.4.